The van der Waals surface area contributed by atoms with Crippen molar-refractivity contribution in [1.29, 1.82) is 0 Å². The molecule has 0 spiro atoms. The van der Waals surface area contributed by atoms with Gasteiger partial charge in [-0.2, -0.15) is 17.6 Å². The minimum Gasteiger partial charge on any atom is -0.427 e. The normalized spacial score (nSPS) is 27.1. The zero-order valence-electron chi connectivity index (χ0n) is 4.94. The molecule has 0 aromatic heterocycles. The smallest absolute Gasteiger partial charge is 0.427 e. The van der Waals surface area contributed by atoms with Crippen LogP contribution in [0.25, 0.3) is 0 Å². The maximum absolute atomic E-state index is 12.0. The standard InChI is InChI=1S/C4H2F4O3/c5-3(6)1-10-2(9)11-4(3,7)8/h1H2. The lowest BCUT2D eigenvalue weighted by Crippen LogP contribution is -2.52. The van der Waals surface area contributed by atoms with E-state index in [0.717, 1.165) is 0 Å². The first kappa shape index (κ1) is 8.09. The molecule has 0 N–H and O–H groups in total. The quantitative estimate of drug-likeness (QED) is 0.411. The van der Waals surface area contributed by atoms with Crippen LogP contribution in [0.5, 0.6) is 0 Å². The van der Waals surface area contributed by atoms with E-state index in [4.69, 9.17) is 0 Å². The van der Waals surface area contributed by atoms with Gasteiger partial charge in [0.15, 0.2) is 6.61 Å². The fraction of sp³-hybridized carbons (Fsp3) is 0.750. The van der Waals surface area contributed by atoms with Crippen molar-refractivity contribution in [3.63, 3.8) is 0 Å². The van der Waals surface area contributed by atoms with Gasteiger partial charge in [-0.3, -0.25) is 0 Å². The number of alkyl halides is 4. The van der Waals surface area contributed by atoms with Crippen LogP contribution >= 0.6 is 0 Å². The molecular weight excluding hydrogens is 172 g/mol. The minimum atomic E-state index is -4.76. The largest absolute Gasteiger partial charge is 0.513 e. The second-order valence-electron chi connectivity index (χ2n) is 1.86. The summed E-state index contributed by atoms with van der Waals surface area (Å²) < 4.78 is 54.4. The number of carbonyl (C=O) groups excluding carboxylic acids is 1. The molecule has 1 heterocycles. The first-order valence-electron chi connectivity index (χ1n) is 2.46. The molecule has 0 aromatic carbocycles. The van der Waals surface area contributed by atoms with Crippen LogP contribution in [-0.2, 0) is 9.47 Å². The van der Waals surface area contributed by atoms with Gasteiger partial charge >= 0.3 is 18.2 Å². The van der Waals surface area contributed by atoms with Gasteiger partial charge in [-0.1, -0.05) is 0 Å². The summed E-state index contributed by atoms with van der Waals surface area (Å²) in [5, 5.41) is 0. The lowest BCUT2D eigenvalue weighted by Gasteiger charge is -2.28. The van der Waals surface area contributed by atoms with E-state index in [2.05, 4.69) is 9.47 Å². The molecule has 7 heteroatoms. The van der Waals surface area contributed by atoms with Gasteiger partial charge in [0.1, 0.15) is 0 Å². The second kappa shape index (κ2) is 1.99. The molecule has 0 aliphatic carbocycles. The Balaban J connectivity index is 2.80. The molecule has 0 saturated carbocycles. The minimum absolute atomic E-state index is 1.65. The third kappa shape index (κ3) is 1.22. The molecule has 1 fully saturated rings. The summed E-state index contributed by atoms with van der Waals surface area (Å²) in [6, 6.07) is 0. The van der Waals surface area contributed by atoms with Crippen LogP contribution in [0.3, 0.4) is 0 Å². The number of cyclic esters (lactones) is 2. The third-order valence-electron chi connectivity index (χ3n) is 1.01. The molecule has 0 radical (unpaired) electrons. The molecule has 0 aromatic rings. The summed E-state index contributed by atoms with van der Waals surface area (Å²) in [4.78, 5) is 9.91. The molecule has 0 bridgehead atoms. The van der Waals surface area contributed by atoms with E-state index < -0.39 is 24.8 Å². The van der Waals surface area contributed by atoms with Crippen LogP contribution < -0.4 is 0 Å². The summed E-state index contributed by atoms with van der Waals surface area (Å²) in [5.41, 5.74) is 0. The van der Waals surface area contributed by atoms with Gasteiger partial charge in [-0.05, 0) is 0 Å². The molecule has 0 atom stereocenters. The van der Waals surface area contributed by atoms with E-state index >= 15 is 0 Å². The zero-order chi connectivity index (χ0) is 8.70. The number of halogens is 4. The lowest BCUT2D eigenvalue weighted by molar-refractivity contribution is -0.357. The number of carbonyl (C=O) groups is 1. The van der Waals surface area contributed by atoms with Gasteiger partial charge in [0.25, 0.3) is 0 Å². The topological polar surface area (TPSA) is 35.5 Å². The summed E-state index contributed by atoms with van der Waals surface area (Å²) in [5.74, 6) is -4.44. The van der Waals surface area contributed by atoms with Gasteiger partial charge in [-0.15, -0.1) is 0 Å². The van der Waals surface area contributed by atoms with Gasteiger partial charge in [0.2, 0.25) is 0 Å². The molecule has 3 nitrogen and oxygen atoms in total. The van der Waals surface area contributed by atoms with Gasteiger partial charge < -0.3 is 9.47 Å². The van der Waals surface area contributed by atoms with E-state index in [0.29, 0.717) is 0 Å². The highest BCUT2D eigenvalue weighted by atomic mass is 19.3. The third-order valence-corrected chi connectivity index (χ3v) is 1.01. The van der Waals surface area contributed by atoms with Crippen molar-refractivity contribution in [3.8, 4) is 0 Å². The van der Waals surface area contributed by atoms with E-state index in [-0.39, 0.29) is 0 Å². The molecule has 0 unspecified atom stereocenters. The Bertz CT molecular complexity index is 190. The average Bonchev–Trinajstić information content (AvgIpc) is 1.80. The van der Waals surface area contributed by atoms with Crippen molar-refractivity contribution in [2.24, 2.45) is 0 Å². The van der Waals surface area contributed by atoms with E-state index in [1.54, 1.807) is 0 Å². The lowest BCUT2D eigenvalue weighted by atomic mass is 10.3. The number of rotatable bonds is 0. The van der Waals surface area contributed by atoms with Crippen molar-refractivity contribution >= 4 is 6.16 Å². The summed E-state index contributed by atoms with van der Waals surface area (Å²) in [7, 11) is 0. The number of hydrogen-bond acceptors (Lipinski definition) is 3. The van der Waals surface area contributed by atoms with Gasteiger partial charge in [0, 0.05) is 0 Å². The van der Waals surface area contributed by atoms with Crippen LogP contribution in [-0.4, -0.2) is 24.8 Å². The van der Waals surface area contributed by atoms with Crippen LogP contribution in [0.15, 0.2) is 0 Å². The molecule has 64 valence electrons. The van der Waals surface area contributed by atoms with Crippen molar-refractivity contribution in [1.82, 2.24) is 0 Å². The number of ether oxygens (including phenoxy) is 2. The Hall–Kier alpha value is -1.01. The highest BCUT2D eigenvalue weighted by Gasteiger charge is 2.64. The van der Waals surface area contributed by atoms with Gasteiger partial charge in [-0.25, -0.2) is 4.79 Å². The van der Waals surface area contributed by atoms with Crippen LogP contribution in [0, 0.1) is 0 Å². The van der Waals surface area contributed by atoms with Crippen molar-refractivity contribution in [3.05, 3.63) is 0 Å². The molecule has 1 aliphatic heterocycles. The fourth-order valence-electron chi connectivity index (χ4n) is 0.442. The Morgan fingerprint density at radius 2 is 1.82 bits per heavy atom. The summed E-state index contributed by atoms with van der Waals surface area (Å²) in [6.45, 7) is -1.65. The Morgan fingerprint density at radius 1 is 1.27 bits per heavy atom. The highest BCUT2D eigenvalue weighted by molar-refractivity contribution is 5.61. The average molecular weight is 174 g/mol. The second-order valence-corrected chi connectivity index (χ2v) is 1.86. The molecule has 11 heavy (non-hydrogen) atoms. The van der Waals surface area contributed by atoms with Crippen LogP contribution in [0.4, 0.5) is 22.4 Å². The van der Waals surface area contributed by atoms with Crippen molar-refractivity contribution in [2.45, 2.75) is 12.0 Å². The van der Waals surface area contributed by atoms with Crippen LogP contribution in [0.2, 0.25) is 0 Å². The van der Waals surface area contributed by atoms with E-state index in [1.807, 2.05) is 0 Å². The molecule has 1 aliphatic rings. The Labute approximate surface area is 57.9 Å². The summed E-state index contributed by atoms with van der Waals surface area (Å²) in [6.07, 6.45) is -6.55. The maximum Gasteiger partial charge on any atom is 0.513 e. The first-order chi connectivity index (χ1) is 4.85. The Kier molecular flexibility index (Phi) is 1.46. The maximum atomic E-state index is 12.0. The molecular formula is C4H2F4O3. The summed E-state index contributed by atoms with van der Waals surface area (Å²) >= 11 is 0. The van der Waals surface area contributed by atoms with Crippen molar-refractivity contribution in [2.75, 3.05) is 6.61 Å². The number of hydrogen-bond donors (Lipinski definition) is 0. The highest BCUT2D eigenvalue weighted by Crippen LogP contribution is 2.38. The van der Waals surface area contributed by atoms with E-state index in [9.17, 15) is 22.4 Å². The van der Waals surface area contributed by atoms with Crippen molar-refractivity contribution < 1.29 is 31.8 Å². The Morgan fingerprint density at radius 3 is 2.18 bits per heavy atom. The molecule has 1 rings (SSSR count). The SMILES string of the molecule is O=C1OCC(F)(F)C(F)(F)O1. The predicted octanol–water partition coefficient (Wildman–Crippen LogP) is 1.38. The first-order valence-corrected chi connectivity index (χ1v) is 2.46. The molecule has 0 amide bonds. The fourth-order valence-corrected chi connectivity index (χ4v) is 0.442. The predicted molar refractivity (Wildman–Crippen MR) is 22.3 cm³/mol. The zero-order valence-corrected chi connectivity index (χ0v) is 4.94. The van der Waals surface area contributed by atoms with Gasteiger partial charge in [0.05, 0.1) is 0 Å². The molecule has 1 saturated heterocycles. The van der Waals surface area contributed by atoms with E-state index in [1.165, 1.54) is 0 Å². The van der Waals surface area contributed by atoms with Crippen LogP contribution in [0.1, 0.15) is 0 Å². The monoisotopic (exact) mass is 174 g/mol.